The lowest BCUT2D eigenvalue weighted by Gasteiger charge is -2.33. The topological polar surface area (TPSA) is 99.2 Å². The lowest BCUT2D eigenvalue weighted by molar-refractivity contribution is -0.144. The molecule has 1 aromatic carbocycles. The summed E-state index contributed by atoms with van der Waals surface area (Å²) in [4.78, 5) is 39.6. The van der Waals surface area contributed by atoms with Crippen LogP contribution in [0.15, 0.2) is 24.3 Å². The predicted molar refractivity (Wildman–Crippen MR) is 86.5 cm³/mol. The van der Waals surface area contributed by atoms with Gasteiger partial charge in [-0.05, 0) is 12.1 Å². The fourth-order valence-corrected chi connectivity index (χ4v) is 2.52. The van der Waals surface area contributed by atoms with Crippen molar-refractivity contribution in [1.82, 2.24) is 9.80 Å². The molecule has 0 spiro atoms. The van der Waals surface area contributed by atoms with Gasteiger partial charge < -0.3 is 20.1 Å². The average molecular weight is 335 g/mol. The van der Waals surface area contributed by atoms with Crippen molar-refractivity contribution in [3.63, 3.8) is 0 Å². The van der Waals surface area contributed by atoms with Gasteiger partial charge in [-0.25, -0.2) is 4.79 Å². The Hall–Kier alpha value is -2.45. The Balaban J connectivity index is 1.98. The molecule has 0 atom stereocenters. The van der Waals surface area contributed by atoms with Crippen molar-refractivity contribution in [1.29, 1.82) is 0 Å². The third-order valence-corrected chi connectivity index (χ3v) is 3.85. The number of ether oxygens (including phenoxy) is 1. The van der Waals surface area contributed by atoms with Gasteiger partial charge >= 0.3 is 17.8 Å². The van der Waals surface area contributed by atoms with Crippen molar-refractivity contribution >= 4 is 23.5 Å². The third-order valence-electron chi connectivity index (χ3n) is 3.85. The van der Waals surface area contributed by atoms with Crippen molar-refractivity contribution < 1.29 is 24.2 Å². The number of carbonyl (C=O) groups is 3. The van der Waals surface area contributed by atoms with E-state index >= 15 is 0 Å². The van der Waals surface area contributed by atoms with Gasteiger partial charge in [0.1, 0.15) is 0 Å². The van der Waals surface area contributed by atoms with E-state index in [1.807, 2.05) is 4.90 Å². The molecular weight excluding hydrogens is 314 g/mol. The smallest absolute Gasteiger partial charge is 0.339 e. The number of aliphatic hydroxyl groups is 1. The second kappa shape index (κ2) is 8.42. The first-order chi connectivity index (χ1) is 11.6. The number of amides is 2. The predicted octanol–water partition coefficient (Wildman–Crippen LogP) is -0.452. The van der Waals surface area contributed by atoms with Gasteiger partial charge in [-0.2, -0.15) is 0 Å². The monoisotopic (exact) mass is 335 g/mol. The summed E-state index contributed by atoms with van der Waals surface area (Å²) in [6.07, 6.45) is 0. The highest BCUT2D eigenvalue weighted by Crippen LogP contribution is 2.16. The van der Waals surface area contributed by atoms with Crippen LogP contribution in [0.5, 0.6) is 0 Å². The van der Waals surface area contributed by atoms with Gasteiger partial charge in [-0.15, -0.1) is 0 Å². The van der Waals surface area contributed by atoms with Crippen LogP contribution in [0.4, 0.5) is 5.69 Å². The summed E-state index contributed by atoms with van der Waals surface area (Å²) < 4.78 is 4.66. The zero-order valence-electron chi connectivity index (χ0n) is 13.5. The minimum absolute atomic E-state index is 0.0682. The number of para-hydroxylation sites is 1. The van der Waals surface area contributed by atoms with Crippen molar-refractivity contribution in [2.24, 2.45) is 0 Å². The van der Waals surface area contributed by atoms with E-state index in [2.05, 4.69) is 10.1 Å². The van der Waals surface area contributed by atoms with Crippen molar-refractivity contribution in [3.8, 4) is 0 Å². The number of anilines is 1. The number of methoxy groups -OCH3 is 1. The quantitative estimate of drug-likeness (QED) is 0.571. The Morgan fingerprint density at radius 3 is 2.46 bits per heavy atom. The second-order valence-electron chi connectivity index (χ2n) is 5.35. The Labute approximate surface area is 140 Å². The maximum absolute atomic E-state index is 12.2. The molecule has 0 unspecified atom stereocenters. The third kappa shape index (κ3) is 4.30. The molecular formula is C16H21N3O5. The number of carbonyl (C=O) groups excluding carboxylic acids is 3. The van der Waals surface area contributed by atoms with Crippen LogP contribution in [-0.4, -0.2) is 79.1 Å². The molecule has 0 radical (unpaired) electrons. The Kier molecular flexibility index (Phi) is 6.28. The number of hydrogen-bond acceptors (Lipinski definition) is 6. The van der Waals surface area contributed by atoms with Crippen LogP contribution in [0.3, 0.4) is 0 Å². The van der Waals surface area contributed by atoms with Crippen molar-refractivity contribution in [2.45, 2.75) is 0 Å². The molecule has 2 N–H and O–H groups in total. The summed E-state index contributed by atoms with van der Waals surface area (Å²) in [6, 6.07) is 6.35. The van der Waals surface area contributed by atoms with Gasteiger partial charge in [0.2, 0.25) is 0 Å². The summed E-state index contributed by atoms with van der Waals surface area (Å²) in [5.74, 6) is -2.02. The number of rotatable bonds is 4. The molecule has 1 saturated heterocycles. The van der Waals surface area contributed by atoms with Crippen LogP contribution in [0, 0.1) is 0 Å². The number of esters is 1. The van der Waals surface area contributed by atoms with E-state index in [9.17, 15) is 14.4 Å². The molecule has 1 heterocycles. The van der Waals surface area contributed by atoms with Crippen molar-refractivity contribution in [3.05, 3.63) is 29.8 Å². The Morgan fingerprint density at radius 2 is 1.83 bits per heavy atom. The van der Waals surface area contributed by atoms with Gasteiger partial charge in [-0.1, -0.05) is 12.1 Å². The maximum Gasteiger partial charge on any atom is 0.339 e. The SMILES string of the molecule is COC(=O)c1ccccc1NC(=O)C(=O)N1CCN(CCO)CC1. The highest BCUT2D eigenvalue weighted by Gasteiger charge is 2.26. The number of hydrogen-bond donors (Lipinski definition) is 2. The zero-order valence-corrected chi connectivity index (χ0v) is 13.5. The van der Waals surface area contributed by atoms with E-state index in [4.69, 9.17) is 5.11 Å². The molecule has 1 aliphatic rings. The minimum Gasteiger partial charge on any atom is -0.465 e. The first-order valence-electron chi connectivity index (χ1n) is 7.67. The van der Waals surface area contributed by atoms with E-state index in [1.165, 1.54) is 24.1 Å². The van der Waals surface area contributed by atoms with E-state index in [1.54, 1.807) is 12.1 Å². The summed E-state index contributed by atoms with van der Waals surface area (Å²) in [5, 5.41) is 11.4. The summed E-state index contributed by atoms with van der Waals surface area (Å²) in [7, 11) is 1.25. The van der Waals surface area contributed by atoms with Gasteiger partial charge in [0, 0.05) is 32.7 Å². The van der Waals surface area contributed by atoms with Gasteiger partial charge in [0.15, 0.2) is 0 Å². The minimum atomic E-state index is -0.790. The molecule has 0 aliphatic carbocycles. The number of piperazine rings is 1. The highest BCUT2D eigenvalue weighted by molar-refractivity contribution is 6.39. The fourth-order valence-electron chi connectivity index (χ4n) is 2.52. The summed E-state index contributed by atoms with van der Waals surface area (Å²) in [5.41, 5.74) is 0.426. The summed E-state index contributed by atoms with van der Waals surface area (Å²) >= 11 is 0. The molecule has 0 saturated carbocycles. The molecule has 8 heteroatoms. The van der Waals surface area contributed by atoms with E-state index in [0.29, 0.717) is 32.7 Å². The number of β-amino-alcohol motifs (C(OH)–C–C–N with tert-alkyl or cyclic N) is 1. The molecule has 0 aromatic heterocycles. The first-order valence-corrected chi connectivity index (χ1v) is 7.67. The van der Waals surface area contributed by atoms with Crippen molar-refractivity contribution in [2.75, 3.05) is 51.8 Å². The number of nitrogens with zero attached hydrogens (tertiary/aromatic N) is 2. The number of aliphatic hydroxyl groups excluding tert-OH is 1. The fraction of sp³-hybridized carbons (Fsp3) is 0.438. The lowest BCUT2D eigenvalue weighted by atomic mass is 10.1. The van der Waals surface area contributed by atoms with Gasteiger partial charge in [-0.3, -0.25) is 14.5 Å². The van der Waals surface area contributed by atoms with Crippen LogP contribution in [0.1, 0.15) is 10.4 Å². The standard InChI is InChI=1S/C16H21N3O5/c1-24-16(23)12-4-2-3-5-13(12)17-14(21)15(22)19-8-6-18(7-9-19)10-11-20/h2-5,20H,6-11H2,1H3,(H,17,21). The molecule has 2 rings (SSSR count). The second-order valence-corrected chi connectivity index (χ2v) is 5.35. The van der Waals surface area contributed by atoms with Crippen LogP contribution in [0.2, 0.25) is 0 Å². The Bertz CT molecular complexity index is 611. The normalized spacial score (nSPS) is 15.0. The Morgan fingerprint density at radius 1 is 1.17 bits per heavy atom. The zero-order chi connectivity index (χ0) is 17.5. The van der Waals surface area contributed by atoms with E-state index < -0.39 is 17.8 Å². The van der Waals surface area contributed by atoms with Gasteiger partial charge in [0.25, 0.3) is 0 Å². The molecule has 130 valence electrons. The molecule has 2 amide bonds. The largest absolute Gasteiger partial charge is 0.465 e. The number of nitrogens with one attached hydrogen (secondary N) is 1. The first kappa shape index (κ1) is 17.9. The van der Waals surface area contributed by atoms with Crippen LogP contribution < -0.4 is 5.32 Å². The van der Waals surface area contributed by atoms with Crippen LogP contribution in [0.25, 0.3) is 0 Å². The lowest BCUT2D eigenvalue weighted by Crippen LogP contribution is -2.52. The molecule has 8 nitrogen and oxygen atoms in total. The van der Waals surface area contributed by atoms with Gasteiger partial charge in [0.05, 0.1) is 25.0 Å². The molecule has 1 fully saturated rings. The van der Waals surface area contributed by atoms with Crippen LogP contribution in [-0.2, 0) is 14.3 Å². The van der Waals surface area contributed by atoms with E-state index in [0.717, 1.165) is 0 Å². The molecule has 0 bridgehead atoms. The molecule has 24 heavy (non-hydrogen) atoms. The highest BCUT2D eigenvalue weighted by atomic mass is 16.5. The number of benzene rings is 1. The van der Waals surface area contributed by atoms with E-state index in [-0.39, 0.29) is 17.9 Å². The van der Waals surface area contributed by atoms with Crippen LogP contribution >= 0.6 is 0 Å². The molecule has 1 aliphatic heterocycles. The average Bonchev–Trinajstić information content (AvgIpc) is 2.62. The maximum atomic E-state index is 12.2. The molecule has 1 aromatic rings. The summed E-state index contributed by atoms with van der Waals surface area (Å²) in [6.45, 7) is 2.69.